The van der Waals surface area contributed by atoms with Crippen LogP contribution in [-0.4, -0.2) is 47.5 Å². The van der Waals surface area contributed by atoms with Gasteiger partial charge < -0.3 is 19.6 Å². The number of amides is 1. The van der Waals surface area contributed by atoms with E-state index < -0.39 is 12.1 Å². The van der Waals surface area contributed by atoms with Gasteiger partial charge in [-0.2, -0.15) is 13.2 Å². The number of aromatic nitrogens is 5. The first-order valence-corrected chi connectivity index (χ1v) is 11.6. The minimum Gasteiger partial charge on any atom is -0.475 e. The van der Waals surface area contributed by atoms with Crippen LogP contribution >= 0.6 is 0 Å². The number of nitrogens with one attached hydrogen (secondary N) is 1. The number of fused-ring (bicyclic) bond motifs is 1. The summed E-state index contributed by atoms with van der Waals surface area (Å²) >= 11 is 0. The summed E-state index contributed by atoms with van der Waals surface area (Å²) in [6, 6.07) is 26.0. The predicted molar refractivity (Wildman–Crippen MR) is 137 cm³/mol. The number of para-hydroxylation sites is 2. The lowest BCUT2D eigenvalue weighted by molar-refractivity contribution is -0.192. The largest absolute Gasteiger partial charge is 0.490 e. The van der Waals surface area contributed by atoms with Gasteiger partial charge in [-0.25, -0.2) is 9.78 Å². The lowest BCUT2D eigenvalue weighted by Crippen LogP contribution is -2.24. The summed E-state index contributed by atoms with van der Waals surface area (Å²) in [5, 5.41) is 17.8. The highest BCUT2D eigenvalue weighted by atomic mass is 19.4. The van der Waals surface area contributed by atoms with Crippen molar-refractivity contribution in [1.82, 2.24) is 29.6 Å². The molecule has 2 aromatic heterocycles. The first kappa shape index (κ1) is 27.0. The number of nitrogens with zero attached hydrogens (tertiary/aromatic N) is 5. The summed E-state index contributed by atoms with van der Waals surface area (Å²) in [4.78, 5) is 26.3. The summed E-state index contributed by atoms with van der Waals surface area (Å²) in [6.45, 7) is 1.04. The number of carbonyl (C=O) groups is 2. The zero-order valence-electron chi connectivity index (χ0n) is 20.6. The molecule has 1 amide bonds. The van der Waals surface area contributed by atoms with E-state index in [0.29, 0.717) is 17.9 Å². The maximum atomic E-state index is 12.6. The van der Waals surface area contributed by atoms with Crippen LogP contribution in [0.15, 0.2) is 85.2 Å². The third-order valence-electron chi connectivity index (χ3n) is 5.70. The average Bonchev–Trinajstić information content (AvgIpc) is 3.51. The summed E-state index contributed by atoms with van der Waals surface area (Å²) in [5.74, 6) is -1.34. The lowest BCUT2D eigenvalue weighted by atomic mass is 10.1. The number of carbonyl (C=O) groups excluding carboxylic acids is 1. The van der Waals surface area contributed by atoms with E-state index in [1.54, 1.807) is 10.9 Å². The highest BCUT2D eigenvalue weighted by molar-refractivity contribution is 5.94. The highest BCUT2D eigenvalue weighted by Crippen LogP contribution is 2.26. The minimum absolute atomic E-state index is 0.155. The van der Waals surface area contributed by atoms with Gasteiger partial charge in [0, 0.05) is 24.7 Å². The number of benzene rings is 3. The Hall–Kier alpha value is -5.00. The molecule has 0 unspecified atom stereocenters. The van der Waals surface area contributed by atoms with Gasteiger partial charge >= 0.3 is 12.1 Å². The van der Waals surface area contributed by atoms with Crippen molar-refractivity contribution in [2.45, 2.75) is 19.3 Å². The van der Waals surface area contributed by atoms with Gasteiger partial charge in [-0.1, -0.05) is 54.6 Å². The maximum absolute atomic E-state index is 12.6. The number of alkyl halides is 3. The van der Waals surface area contributed by atoms with E-state index in [1.165, 1.54) is 5.56 Å². The van der Waals surface area contributed by atoms with Crippen molar-refractivity contribution in [2.75, 3.05) is 0 Å². The van der Waals surface area contributed by atoms with Crippen molar-refractivity contribution in [3.8, 4) is 11.4 Å². The fourth-order valence-electron chi connectivity index (χ4n) is 3.72. The first-order valence-electron chi connectivity index (χ1n) is 11.6. The third-order valence-corrected chi connectivity index (χ3v) is 5.70. The number of rotatable bonds is 6. The van der Waals surface area contributed by atoms with Crippen molar-refractivity contribution < 1.29 is 27.9 Å². The van der Waals surface area contributed by atoms with Gasteiger partial charge in [0.05, 0.1) is 17.6 Å². The molecule has 0 spiro atoms. The molecule has 0 radical (unpaired) electrons. The van der Waals surface area contributed by atoms with Crippen LogP contribution in [-0.2, 0) is 24.9 Å². The normalized spacial score (nSPS) is 11.1. The molecule has 0 atom stereocenters. The Morgan fingerprint density at radius 3 is 2.21 bits per heavy atom. The van der Waals surface area contributed by atoms with E-state index in [1.807, 2.05) is 67.7 Å². The minimum atomic E-state index is -5.08. The van der Waals surface area contributed by atoms with Crippen molar-refractivity contribution >= 4 is 22.9 Å². The van der Waals surface area contributed by atoms with Gasteiger partial charge in [-0.3, -0.25) is 4.79 Å². The standard InChI is InChI=1S/C25H22N6O.C2HF3O2/c1-30-17-27-29-23(30)15-26-25(32)20-13-11-19(12-14-20)24-28-21-9-5-6-10-22(21)31(24)16-18-7-3-2-4-8-18;3-2(4,5)1(6)7/h2-14,17H,15-16H2,1H3,(H,26,32);(H,6,7). The lowest BCUT2D eigenvalue weighted by Gasteiger charge is -2.10. The fraction of sp³-hybridized carbons (Fsp3) is 0.148. The second-order valence-corrected chi connectivity index (χ2v) is 8.42. The molecule has 0 aliphatic carbocycles. The van der Waals surface area contributed by atoms with E-state index >= 15 is 0 Å². The second kappa shape index (κ2) is 11.6. The molecule has 9 nitrogen and oxygen atoms in total. The van der Waals surface area contributed by atoms with Crippen LogP contribution in [0.2, 0.25) is 0 Å². The molecule has 0 aliphatic heterocycles. The number of carboxylic acids is 1. The van der Waals surface area contributed by atoms with Crippen LogP contribution in [0.5, 0.6) is 0 Å². The SMILES string of the molecule is Cn1cnnc1CNC(=O)c1ccc(-c2nc3ccccc3n2Cc2ccccc2)cc1.O=C(O)C(F)(F)F. The molecular weight excluding hydrogens is 513 g/mol. The van der Waals surface area contributed by atoms with Gasteiger partial charge in [0.1, 0.15) is 12.2 Å². The summed E-state index contributed by atoms with van der Waals surface area (Å²) < 4.78 is 35.7. The Balaban J connectivity index is 0.000000448. The molecule has 0 saturated carbocycles. The molecule has 200 valence electrons. The summed E-state index contributed by atoms with van der Waals surface area (Å²) in [5.41, 5.74) is 4.78. The molecule has 5 aromatic rings. The van der Waals surface area contributed by atoms with Gasteiger partial charge in [0.15, 0.2) is 5.82 Å². The van der Waals surface area contributed by atoms with Crippen molar-refractivity contribution in [2.24, 2.45) is 7.05 Å². The smallest absolute Gasteiger partial charge is 0.475 e. The Kier molecular flexibility index (Phi) is 8.04. The quantitative estimate of drug-likeness (QED) is 0.332. The van der Waals surface area contributed by atoms with E-state index in [0.717, 1.165) is 29.0 Å². The molecular formula is C27H23F3N6O3. The van der Waals surface area contributed by atoms with Gasteiger partial charge in [0.25, 0.3) is 5.91 Å². The van der Waals surface area contributed by atoms with E-state index in [4.69, 9.17) is 14.9 Å². The second-order valence-electron chi connectivity index (χ2n) is 8.42. The number of hydrogen-bond donors (Lipinski definition) is 2. The zero-order chi connectivity index (χ0) is 28.0. The Morgan fingerprint density at radius 1 is 0.949 bits per heavy atom. The van der Waals surface area contributed by atoms with Crippen LogP contribution < -0.4 is 5.32 Å². The van der Waals surface area contributed by atoms with Crippen LogP contribution in [0, 0.1) is 0 Å². The molecule has 12 heteroatoms. The molecule has 3 aromatic carbocycles. The molecule has 0 aliphatic rings. The van der Waals surface area contributed by atoms with Gasteiger partial charge in [-0.15, -0.1) is 10.2 Å². The number of imidazole rings is 1. The predicted octanol–water partition coefficient (Wildman–Crippen LogP) is 4.44. The van der Waals surface area contributed by atoms with E-state index in [-0.39, 0.29) is 5.91 Å². The molecule has 0 bridgehead atoms. The maximum Gasteiger partial charge on any atom is 0.490 e. The Bertz CT molecular complexity index is 1580. The zero-order valence-corrected chi connectivity index (χ0v) is 20.6. The third kappa shape index (κ3) is 6.66. The summed E-state index contributed by atoms with van der Waals surface area (Å²) in [6.07, 6.45) is -3.47. The van der Waals surface area contributed by atoms with Crippen molar-refractivity contribution in [3.05, 3.63) is 102 Å². The van der Waals surface area contributed by atoms with E-state index in [9.17, 15) is 18.0 Å². The molecule has 2 N–H and O–H groups in total. The number of aryl methyl sites for hydroxylation is 1. The monoisotopic (exact) mass is 536 g/mol. The van der Waals surface area contributed by atoms with Crippen LogP contribution in [0.1, 0.15) is 21.7 Å². The van der Waals surface area contributed by atoms with Crippen LogP contribution in [0.25, 0.3) is 22.4 Å². The number of hydrogen-bond acceptors (Lipinski definition) is 5. The number of carboxylic acid groups (broad SMARTS) is 1. The van der Waals surface area contributed by atoms with E-state index in [2.05, 4.69) is 38.3 Å². The molecule has 5 rings (SSSR count). The Morgan fingerprint density at radius 2 is 1.59 bits per heavy atom. The average molecular weight is 537 g/mol. The topological polar surface area (TPSA) is 115 Å². The first-order chi connectivity index (χ1) is 18.6. The molecule has 2 heterocycles. The van der Waals surface area contributed by atoms with Gasteiger partial charge in [0.2, 0.25) is 0 Å². The number of halogens is 3. The fourth-order valence-corrected chi connectivity index (χ4v) is 3.72. The molecule has 0 saturated heterocycles. The highest BCUT2D eigenvalue weighted by Gasteiger charge is 2.38. The molecule has 39 heavy (non-hydrogen) atoms. The molecule has 0 fully saturated rings. The van der Waals surface area contributed by atoms with Crippen molar-refractivity contribution in [1.29, 1.82) is 0 Å². The van der Waals surface area contributed by atoms with Crippen LogP contribution in [0.4, 0.5) is 13.2 Å². The van der Waals surface area contributed by atoms with Crippen molar-refractivity contribution in [3.63, 3.8) is 0 Å². The Labute approximate surface area is 220 Å². The van der Waals surface area contributed by atoms with Crippen LogP contribution in [0.3, 0.4) is 0 Å². The van der Waals surface area contributed by atoms with Gasteiger partial charge in [-0.05, 0) is 29.8 Å². The summed E-state index contributed by atoms with van der Waals surface area (Å²) in [7, 11) is 1.85. The number of aliphatic carboxylic acids is 1.